The van der Waals surface area contributed by atoms with Gasteiger partial charge >= 0.3 is 0 Å². The molecule has 2 atom stereocenters. The molecule has 0 aliphatic heterocycles. The summed E-state index contributed by atoms with van der Waals surface area (Å²) in [6, 6.07) is 0. The van der Waals surface area contributed by atoms with Gasteiger partial charge in [-0.05, 0) is 25.7 Å². The molecule has 1 aliphatic carbocycles. The molecular weight excluding hydrogens is 284 g/mol. The molecule has 0 aromatic rings. The Labute approximate surface area is 132 Å². The predicted octanol–water partition coefficient (Wildman–Crippen LogP) is 0.250. The summed E-state index contributed by atoms with van der Waals surface area (Å²) >= 11 is 0. The predicted molar refractivity (Wildman–Crippen MR) is 84.0 cm³/mol. The second-order valence-corrected chi connectivity index (χ2v) is 5.87. The molecule has 0 aromatic carbocycles. The van der Waals surface area contributed by atoms with Gasteiger partial charge in [-0.3, -0.25) is 9.59 Å². The van der Waals surface area contributed by atoms with Crippen molar-refractivity contribution < 1.29 is 19.8 Å². The highest BCUT2D eigenvalue weighted by atomic mass is 16.3. The number of amides is 2. The standard InChI is InChI=1S/C16H28N2O4/c1-17(2)15(21)13-7-3-4-8-14(13)16(22)18(9-5-11-19)10-6-12-20/h3-4,13-14,19-20H,5-12H2,1-2H3. The van der Waals surface area contributed by atoms with Crippen molar-refractivity contribution in [1.29, 1.82) is 0 Å². The average molecular weight is 312 g/mol. The second-order valence-electron chi connectivity index (χ2n) is 5.87. The molecule has 6 nitrogen and oxygen atoms in total. The van der Waals surface area contributed by atoms with Crippen LogP contribution in [0.15, 0.2) is 12.2 Å². The first-order valence-electron chi connectivity index (χ1n) is 7.89. The van der Waals surface area contributed by atoms with Gasteiger partial charge < -0.3 is 20.0 Å². The first-order valence-corrected chi connectivity index (χ1v) is 7.89. The lowest BCUT2D eigenvalue weighted by molar-refractivity contribution is -0.145. The molecule has 0 bridgehead atoms. The number of carbonyl (C=O) groups excluding carboxylic acids is 2. The molecule has 0 heterocycles. The number of carbonyl (C=O) groups is 2. The molecule has 2 N–H and O–H groups in total. The maximum atomic E-state index is 12.8. The quantitative estimate of drug-likeness (QED) is 0.630. The van der Waals surface area contributed by atoms with E-state index in [9.17, 15) is 9.59 Å². The van der Waals surface area contributed by atoms with Gasteiger partial charge in [-0.25, -0.2) is 0 Å². The van der Waals surface area contributed by atoms with Gasteiger partial charge in [0.25, 0.3) is 0 Å². The van der Waals surface area contributed by atoms with E-state index in [0.29, 0.717) is 38.8 Å². The summed E-state index contributed by atoms with van der Waals surface area (Å²) in [7, 11) is 3.41. The Balaban J connectivity index is 2.83. The molecule has 6 heteroatoms. The van der Waals surface area contributed by atoms with E-state index < -0.39 is 0 Å². The highest BCUT2D eigenvalue weighted by molar-refractivity contribution is 5.88. The molecule has 0 aromatic heterocycles. The van der Waals surface area contributed by atoms with Gasteiger partial charge in [-0.1, -0.05) is 12.2 Å². The minimum Gasteiger partial charge on any atom is -0.396 e. The lowest BCUT2D eigenvalue weighted by atomic mass is 9.81. The lowest BCUT2D eigenvalue weighted by Crippen LogP contribution is -2.45. The highest BCUT2D eigenvalue weighted by Gasteiger charge is 2.36. The SMILES string of the molecule is CN(C)C(=O)C1CC=CCC1C(=O)N(CCCO)CCCO. The van der Waals surface area contributed by atoms with Gasteiger partial charge in [0, 0.05) is 40.4 Å². The van der Waals surface area contributed by atoms with E-state index in [0.717, 1.165) is 0 Å². The molecule has 1 aliphatic rings. The number of aliphatic hydroxyl groups excluding tert-OH is 2. The van der Waals surface area contributed by atoms with Crippen molar-refractivity contribution in [3.63, 3.8) is 0 Å². The van der Waals surface area contributed by atoms with Gasteiger partial charge in [0.1, 0.15) is 0 Å². The van der Waals surface area contributed by atoms with Gasteiger partial charge in [-0.2, -0.15) is 0 Å². The minimum absolute atomic E-state index is 0.0213. The van der Waals surface area contributed by atoms with E-state index in [1.807, 2.05) is 12.2 Å². The average Bonchev–Trinajstić information content (AvgIpc) is 2.53. The summed E-state index contributed by atoms with van der Waals surface area (Å²) in [4.78, 5) is 28.3. The van der Waals surface area contributed by atoms with Crippen LogP contribution in [0.2, 0.25) is 0 Å². The Morgan fingerprint density at radius 3 is 1.82 bits per heavy atom. The molecule has 2 amide bonds. The number of hydrogen-bond acceptors (Lipinski definition) is 4. The van der Waals surface area contributed by atoms with Gasteiger partial charge in [0.2, 0.25) is 11.8 Å². The summed E-state index contributed by atoms with van der Waals surface area (Å²) in [5.74, 6) is -0.742. The zero-order valence-electron chi connectivity index (χ0n) is 13.6. The van der Waals surface area contributed by atoms with Crippen molar-refractivity contribution in [1.82, 2.24) is 9.80 Å². The van der Waals surface area contributed by atoms with Crippen molar-refractivity contribution in [3.8, 4) is 0 Å². The third-order valence-electron chi connectivity index (χ3n) is 3.99. The van der Waals surface area contributed by atoms with E-state index in [4.69, 9.17) is 10.2 Å². The van der Waals surface area contributed by atoms with Crippen molar-refractivity contribution >= 4 is 11.8 Å². The molecular formula is C16H28N2O4. The number of allylic oxidation sites excluding steroid dienone is 2. The zero-order valence-corrected chi connectivity index (χ0v) is 13.6. The maximum Gasteiger partial charge on any atom is 0.226 e. The Kier molecular flexibility index (Phi) is 8.12. The largest absolute Gasteiger partial charge is 0.396 e. The smallest absolute Gasteiger partial charge is 0.226 e. The van der Waals surface area contributed by atoms with Gasteiger partial charge in [-0.15, -0.1) is 0 Å². The Morgan fingerprint density at radius 1 is 0.955 bits per heavy atom. The van der Waals surface area contributed by atoms with Crippen LogP contribution in [0.4, 0.5) is 0 Å². The van der Waals surface area contributed by atoms with E-state index in [2.05, 4.69) is 0 Å². The third kappa shape index (κ3) is 5.10. The fraction of sp³-hybridized carbons (Fsp3) is 0.750. The van der Waals surface area contributed by atoms with Crippen LogP contribution >= 0.6 is 0 Å². The van der Waals surface area contributed by atoms with E-state index in [-0.39, 0.29) is 36.9 Å². The van der Waals surface area contributed by atoms with Crippen LogP contribution in [0, 0.1) is 11.8 Å². The lowest BCUT2D eigenvalue weighted by Gasteiger charge is -2.33. The van der Waals surface area contributed by atoms with Gasteiger partial charge in [0.05, 0.1) is 11.8 Å². The Hall–Kier alpha value is -1.40. The normalized spacial score (nSPS) is 20.7. The van der Waals surface area contributed by atoms with Crippen molar-refractivity contribution in [2.75, 3.05) is 40.4 Å². The van der Waals surface area contributed by atoms with E-state index in [1.165, 1.54) is 4.90 Å². The minimum atomic E-state index is -0.350. The molecule has 1 rings (SSSR count). The number of nitrogens with zero attached hydrogens (tertiary/aromatic N) is 2. The summed E-state index contributed by atoms with van der Waals surface area (Å²) in [5, 5.41) is 18.0. The van der Waals surface area contributed by atoms with Crippen LogP contribution in [0.3, 0.4) is 0 Å². The van der Waals surface area contributed by atoms with Crippen molar-refractivity contribution in [2.45, 2.75) is 25.7 Å². The number of aliphatic hydroxyl groups is 2. The molecule has 126 valence electrons. The van der Waals surface area contributed by atoms with Crippen LogP contribution in [-0.2, 0) is 9.59 Å². The molecule has 0 radical (unpaired) electrons. The van der Waals surface area contributed by atoms with Gasteiger partial charge in [0.15, 0.2) is 0 Å². The molecule has 0 saturated heterocycles. The van der Waals surface area contributed by atoms with Crippen molar-refractivity contribution in [2.24, 2.45) is 11.8 Å². The number of rotatable bonds is 8. The van der Waals surface area contributed by atoms with Crippen LogP contribution in [-0.4, -0.2) is 72.2 Å². The molecule has 0 saturated carbocycles. The van der Waals surface area contributed by atoms with Crippen LogP contribution in [0.25, 0.3) is 0 Å². The Bertz CT molecular complexity index is 388. The molecule has 0 fully saturated rings. The first kappa shape index (κ1) is 18.6. The fourth-order valence-corrected chi connectivity index (χ4v) is 2.78. The second kappa shape index (κ2) is 9.58. The van der Waals surface area contributed by atoms with Crippen LogP contribution in [0.5, 0.6) is 0 Å². The third-order valence-corrected chi connectivity index (χ3v) is 3.99. The molecule has 2 unspecified atom stereocenters. The highest BCUT2D eigenvalue weighted by Crippen LogP contribution is 2.29. The van der Waals surface area contributed by atoms with Crippen LogP contribution < -0.4 is 0 Å². The zero-order chi connectivity index (χ0) is 16.5. The summed E-state index contributed by atoms with van der Waals surface area (Å²) in [6.07, 6.45) is 6.08. The number of hydrogen-bond donors (Lipinski definition) is 2. The summed E-state index contributed by atoms with van der Waals surface area (Å²) in [6.45, 7) is 0.956. The topological polar surface area (TPSA) is 81.1 Å². The summed E-state index contributed by atoms with van der Waals surface area (Å²) in [5.41, 5.74) is 0. The molecule has 0 spiro atoms. The van der Waals surface area contributed by atoms with E-state index in [1.54, 1.807) is 19.0 Å². The van der Waals surface area contributed by atoms with Crippen molar-refractivity contribution in [3.05, 3.63) is 12.2 Å². The monoisotopic (exact) mass is 312 g/mol. The molecule has 22 heavy (non-hydrogen) atoms. The van der Waals surface area contributed by atoms with Crippen LogP contribution in [0.1, 0.15) is 25.7 Å². The first-order chi connectivity index (χ1) is 10.5. The Morgan fingerprint density at radius 2 is 1.41 bits per heavy atom. The van der Waals surface area contributed by atoms with E-state index >= 15 is 0 Å². The summed E-state index contributed by atoms with van der Waals surface area (Å²) < 4.78 is 0. The fourth-order valence-electron chi connectivity index (χ4n) is 2.78. The maximum absolute atomic E-state index is 12.8.